The van der Waals surface area contributed by atoms with Crippen molar-refractivity contribution in [1.82, 2.24) is 29.6 Å². The molecule has 4 aromatic rings. The number of nitrogens with zero attached hydrogens (tertiary/aromatic N) is 6. The Morgan fingerprint density at radius 1 is 1.00 bits per heavy atom. The van der Waals surface area contributed by atoms with E-state index in [9.17, 15) is 8.42 Å². The summed E-state index contributed by atoms with van der Waals surface area (Å²) in [5, 5.41) is 7.44. The van der Waals surface area contributed by atoms with E-state index in [0.717, 1.165) is 48.4 Å². The minimum atomic E-state index is -3.96. The van der Waals surface area contributed by atoms with Crippen LogP contribution in [0, 0.1) is 13.8 Å². The lowest BCUT2D eigenvalue weighted by Gasteiger charge is -2.29. The number of benzene rings is 1. The van der Waals surface area contributed by atoms with Gasteiger partial charge in [-0.25, -0.2) is 23.1 Å². The zero-order chi connectivity index (χ0) is 27.6. The molecule has 2 N–H and O–H groups in total. The minimum absolute atomic E-state index is 0.00504. The molecule has 12 heteroatoms. The van der Waals surface area contributed by atoms with Gasteiger partial charge in [0.25, 0.3) is 10.0 Å². The molecular weight excluding hydrogens is 516 g/mol. The van der Waals surface area contributed by atoms with Crippen molar-refractivity contribution < 1.29 is 13.2 Å². The Balaban J connectivity index is 1.42. The van der Waals surface area contributed by atoms with E-state index in [0.29, 0.717) is 17.5 Å². The van der Waals surface area contributed by atoms with Crippen LogP contribution in [0.25, 0.3) is 11.3 Å². The van der Waals surface area contributed by atoms with Crippen molar-refractivity contribution in [1.29, 1.82) is 0 Å². The lowest BCUT2D eigenvalue weighted by Crippen LogP contribution is -2.36. The van der Waals surface area contributed by atoms with Gasteiger partial charge >= 0.3 is 0 Å². The van der Waals surface area contributed by atoms with Crippen molar-refractivity contribution in [3.8, 4) is 22.9 Å². The van der Waals surface area contributed by atoms with E-state index in [-0.39, 0.29) is 16.7 Å². The molecule has 0 spiro atoms. The largest absolute Gasteiger partial charge is 0.437 e. The fourth-order valence-electron chi connectivity index (χ4n) is 4.59. The van der Waals surface area contributed by atoms with Crippen molar-refractivity contribution in [2.45, 2.75) is 37.6 Å². The third-order valence-corrected chi connectivity index (χ3v) is 7.97. The average Bonchev–Trinajstić information content (AvgIpc) is 3.34. The molecule has 0 bridgehead atoms. The molecule has 0 unspecified atom stereocenters. The van der Waals surface area contributed by atoms with E-state index in [1.54, 1.807) is 19.3 Å². The number of hydrogen-bond acceptors (Lipinski definition) is 9. The van der Waals surface area contributed by atoms with Crippen molar-refractivity contribution in [2.24, 2.45) is 7.05 Å². The van der Waals surface area contributed by atoms with Crippen LogP contribution in [0.3, 0.4) is 0 Å². The SMILES string of the molecule is Cc1cccc(C)c1-c1cc(Oc2ccc(NC3CCN(C)CC3)nc2)nc(NS(=O)(=O)c2cnn(C)c2)n1. The number of likely N-dealkylation sites (tertiary alicyclic amines) is 1. The van der Waals surface area contributed by atoms with E-state index in [4.69, 9.17) is 4.74 Å². The third-order valence-electron chi connectivity index (χ3n) is 6.69. The molecule has 1 aliphatic rings. The van der Waals surface area contributed by atoms with E-state index in [1.807, 2.05) is 44.2 Å². The highest BCUT2D eigenvalue weighted by atomic mass is 32.2. The number of rotatable bonds is 8. The quantitative estimate of drug-likeness (QED) is 0.336. The number of aryl methyl sites for hydroxylation is 3. The second-order valence-electron chi connectivity index (χ2n) is 9.84. The van der Waals surface area contributed by atoms with Gasteiger partial charge in [-0.1, -0.05) is 18.2 Å². The zero-order valence-electron chi connectivity index (χ0n) is 22.4. The van der Waals surface area contributed by atoms with Crippen molar-refractivity contribution in [2.75, 3.05) is 30.2 Å². The molecule has 0 aliphatic carbocycles. The maximum atomic E-state index is 13.0. The van der Waals surface area contributed by atoms with Gasteiger partial charge in [0.2, 0.25) is 11.8 Å². The third kappa shape index (κ3) is 6.35. The Bertz CT molecular complexity index is 1540. The maximum absolute atomic E-state index is 13.0. The highest BCUT2D eigenvalue weighted by molar-refractivity contribution is 7.92. The summed E-state index contributed by atoms with van der Waals surface area (Å²) in [6.07, 6.45) is 6.42. The number of piperidine rings is 1. The summed E-state index contributed by atoms with van der Waals surface area (Å²) >= 11 is 0. The molecule has 1 aliphatic heterocycles. The molecule has 11 nitrogen and oxygen atoms in total. The van der Waals surface area contributed by atoms with Crippen LogP contribution in [0.15, 0.2) is 59.9 Å². The van der Waals surface area contributed by atoms with Gasteiger partial charge in [0.05, 0.1) is 18.1 Å². The molecule has 1 aromatic carbocycles. The zero-order valence-corrected chi connectivity index (χ0v) is 23.2. The summed E-state index contributed by atoms with van der Waals surface area (Å²) in [5.74, 6) is 1.32. The van der Waals surface area contributed by atoms with Crippen molar-refractivity contribution >= 4 is 21.8 Å². The molecule has 0 saturated carbocycles. The first-order valence-corrected chi connectivity index (χ1v) is 14.2. The second-order valence-corrected chi connectivity index (χ2v) is 11.5. The second kappa shape index (κ2) is 11.0. The molecule has 0 radical (unpaired) electrons. The number of hydrogen-bond donors (Lipinski definition) is 2. The van der Waals surface area contributed by atoms with Gasteiger partial charge in [0.1, 0.15) is 16.5 Å². The van der Waals surface area contributed by atoms with E-state index in [2.05, 4.69) is 42.0 Å². The Kier molecular flexibility index (Phi) is 7.49. The molecule has 4 heterocycles. The Labute approximate surface area is 228 Å². The highest BCUT2D eigenvalue weighted by Crippen LogP contribution is 2.31. The Hall–Kier alpha value is -4.03. The van der Waals surface area contributed by atoms with Crippen LogP contribution in [0.5, 0.6) is 11.6 Å². The topological polar surface area (TPSA) is 127 Å². The van der Waals surface area contributed by atoms with Crippen LogP contribution in [0.2, 0.25) is 0 Å². The van der Waals surface area contributed by atoms with Crippen LogP contribution in [-0.2, 0) is 17.1 Å². The fourth-order valence-corrected chi connectivity index (χ4v) is 5.52. The van der Waals surface area contributed by atoms with Crippen LogP contribution in [-0.4, -0.2) is 64.2 Å². The summed E-state index contributed by atoms with van der Waals surface area (Å²) in [6, 6.07) is 11.7. The van der Waals surface area contributed by atoms with Crippen molar-refractivity contribution in [3.05, 3.63) is 66.1 Å². The van der Waals surface area contributed by atoms with Crippen molar-refractivity contribution in [3.63, 3.8) is 0 Å². The predicted molar refractivity (Wildman–Crippen MR) is 149 cm³/mol. The van der Waals surface area contributed by atoms with Crippen LogP contribution in [0.4, 0.5) is 11.8 Å². The first kappa shape index (κ1) is 26.6. The number of sulfonamides is 1. The van der Waals surface area contributed by atoms with Gasteiger partial charge in [-0.2, -0.15) is 10.1 Å². The van der Waals surface area contributed by atoms with Crippen LogP contribution in [0.1, 0.15) is 24.0 Å². The van der Waals surface area contributed by atoms with E-state index in [1.165, 1.54) is 17.1 Å². The number of anilines is 2. The predicted octanol–water partition coefficient (Wildman–Crippen LogP) is 3.99. The molecule has 5 rings (SSSR count). The van der Waals surface area contributed by atoms with Gasteiger partial charge in [0.15, 0.2) is 0 Å². The number of pyridine rings is 1. The smallest absolute Gasteiger partial charge is 0.267 e. The van der Waals surface area contributed by atoms with Gasteiger partial charge in [-0.3, -0.25) is 4.68 Å². The summed E-state index contributed by atoms with van der Waals surface area (Å²) < 4.78 is 35.9. The van der Waals surface area contributed by atoms with E-state index >= 15 is 0 Å². The molecule has 204 valence electrons. The Morgan fingerprint density at radius 2 is 1.74 bits per heavy atom. The first-order chi connectivity index (χ1) is 18.7. The highest BCUT2D eigenvalue weighted by Gasteiger charge is 2.21. The first-order valence-electron chi connectivity index (χ1n) is 12.7. The minimum Gasteiger partial charge on any atom is -0.437 e. The summed E-state index contributed by atoms with van der Waals surface area (Å²) in [7, 11) is -0.184. The monoisotopic (exact) mass is 548 g/mol. The molecule has 0 atom stereocenters. The number of aromatic nitrogens is 5. The van der Waals surface area contributed by atoms with Gasteiger partial charge in [-0.05, 0) is 70.1 Å². The summed E-state index contributed by atoms with van der Waals surface area (Å²) in [4.78, 5) is 15.7. The lowest BCUT2D eigenvalue weighted by molar-refractivity contribution is 0.263. The normalized spacial score (nSPS) is 14.8. The molecule has 39 heavy (non-hydrogen) atoms. The van der Waals surface area contributed by atoms with Crippen LogP contribution < -0.4 is 14.8 Å². The number of ether oxygens (including phenoxy) is 1. The van der Waals surface area contributed by atoms with Crippen LogP contribution >= 0.6 is 0 Å². The molecule has 1 fully saturated rings. The maximum Gasteiger partial charge on any atom is 0.267 e. The average molecular weight is 549 g/mol. The van der Waals surface area contributed by atoms with Gasteiger partial charge in [-0.15, -0.1) is 0 Å². The summed E-state index contributed by atoms with van der Waals surface area (Å²) in [6.45, 7) is 6.07. The standard InChI is InChI=1S/C27H32N8O3S/c1-18-6-5-7-19(2)26(18)23-14-25(32-27(31-23)33-39(36,37)22-16-29-35(4)17-22)38-21-8-9-24(28-15-21)30-20-10-12-34(3)13-11-20/h5-9,14-17,20H,10-13H2,1-4H3,(H,28,30)(H,31,32,33). The summed E-state index contributed by atoms with van der Waals surface area (Å²) in [5.41, 5.74) is 3.40. The molecule has 0 amide bonds. The fraction of sp³-hybridized carbons (Fsp3) is 0.333. The Morgan fingerprint density at radius 3 is 2.38 bits per heavy atom. The van der Waals surface area contributed by atoms with E-state index < -0.39 is 10.0 Å². The molecular formula is C27H32N8O3S. The van der Waals surface area contributed by atoms with Gasteiger partial charge in [0, 0.05) is 30.9 Å². The van der Waals surface area contributed by atoms with Gasteiger partial charge < -0.3 is 15.0 Å². The number of nitrogens with one attached hydrogen (secondary N) is 2. The molecule has 3 aromatic heterocycles. The molecule has 1 saturated heterocycles. The lowest BCUT2D eigenvalue weighted by atomic mass is 10.00.